The number of aryl methyl sites for hydroxylation is 1. The average molecular weight is 352 g/mol. The Morgan fingerprint density at radius 1 is 0.963 bits per heavy atom. The van der Waals surface area contributed by atoms with E-state index >= 15 is 0 Å². The highest BCUT2D eigenvalue weighted by atomic mass is 16.5. The van der Waals surface area contributed by atoms with Crippen LogP contribution in [0.15, 0.2) is 72.9 Å². The van der Waals surface area contributed by atoms with Crippen molar-refractivity contribution in [2.45, 2.75) is 6.92 Å². The number of fused-ring (bicyclic) bond motifs is 1. The Balaban J connectivity index is 1.57. The van der Waals surface area contributed by atoms with E-state index in [-0.39, 0.29) is 0 Å². The van der Waals surface area contributed by atoms with Gasteiger partial charge in [-0.3, -0.25) is 0 Å². The largest absolute Gasteiger partial charge is 0.439 e. The van der Waals surface area contributed by atoms with Crippen LogP contribution in [0.2, 0.25) is 0 Å². The average Bonchev–Trinajstić information content (AvgIpc) is 2.71. The maximum absolute atomic E-state index is 8.87. The first-order valence-electron chi connectivity index (χ1n) is 8.49. The predicted molar refractivity (Wildman–Crippen MR) is 105 cm³/mol. The number of nitrogens with one attached hydrogen (secondary N) is 1. The molecule has 4 aromatic rings. The third-order valence-corrected chi connectivity index (χ3v) is 4.26. The minimum atomic E-state index is 0.427. The highest BCUT2D eigenvalue weighted by molar-refractivity contribution is 5.87. The van der Waals surface area contributed by atoms with Crippen LogP contribution >= 0.6 is 0 Å². The number of rotatable bonds is 4. The molecule has 3 aromatic carbocycles. The van der Waals surface area contributed by atoms with Crippen LogP contribution in [0.5, 0.6) is 11.6 Å². The molecule has 0 aliphatic carbocycles. The standard InChI is InChI=1S/C22H16N4O/c1-15-19-5-3-2-4-17(19)8-11-20(15)27-21-12-13-24-22(26-21)25-18-9-6-16(14-23)7-10-18/h2-13H,1H3,(H,24,25,26). The summed E-state index contributed by atoms with van der Waals surface area (Å²) < 4.78 is 6.00. The number of hydrogen-bond donors (Lipinski definition) is 1. The van der Waals surface area contributed by atoms with E-state index in [0.717, 1.165) is 22.4 Å². The molecule has 5 heteroatoms. The third-order valence-electron chi connectivity index (χ3n) is 4.26. The van der Waals surface area contributed by atoms with Gasteiger partial charge in [0.15, 0.2) is 0 Å². The van der Waals surface area contributed by atoms with Crippen LogP contribution in [0.25, 0.3) is 10.8 Å². The number of ether oxygens (including phenoxy) is 1. The van der Waals surface area contributed by atoms with E-state index in [2.05, 4.69) is 33.5 Å². The lowest BCUT2D eigenvalue weighted by Gasteiger charge is -2.11. The van der Waals surface area contributed by atoms with Gasteiger partial charge in [-0.15, -0.1) is 0 Å². The Bertz CT molecular complexity index is 1150. The van der Waals surface area contributed by atoms with Crippen LogP contribution in [-0.2, 0) is 0 Å². The zero-order valence-electron chi connectivity index (χ0n) is 14.7. The summed E-state index contributed by atoms with van der Waals surface area (Å²) >= 11 is 0. The Kier molecular flexibility index (Phi) is 4.38. The Morgan fingerprint density at radius 3 is 2.59 bits per heavy atom. The number of nitrogens with zero attached hydrogens (tertiary/aromatic N) is 3. The summed E-state index contributed by atoms with van der Waals surface area (Å²) in [6.07, 6.45) is 1.64. The van der Waals surface area contributed by atoms with E-state index in [1.54, 1.807) is 24.4 Å². The topological polar surface area (TPSA) is 70.8 Å². The van der Waals surface area contributed by atoms with Gasteiger partial charge >= 0.3 is 0 Å². The molecule has 0 aliphatic rings. The minimum Gasteiger partial charge on any atom is -0.439 e. The first-order valence-corrected chi connectivity index (χ1v) is 8.49. The molecule has 0 saturated heterocycles. The molecule has 130 valence electrons. The van der Waals surface area contributed by atoms with E-state index in [0.29, 0.717) is 17.4 Å². The van der Waals surface area contributed by atoms with Crippen LogP contribution in [0.1, 0.15) is 11.1 Å². The maximum Gasteiger partial charge on any atom is 0.230 e. The van der Waals surface area contributed by atoms with Crippen molar-refractivity contribution in [3.05, 3.63) is 84.1 Å². The summed E-state index contributed by atoms with van der Waals surface area (Å²) in [6, 6.07) is 23.1. The van der Waals surface area contributed by atoms with Crippen molar-refractivity contribution in [3.63, 3.8) is 0 Å². The summed E-state index contributed by atoms with van der Waals surface area (Å²) in [4.78, 5) is 8.64. The summed E-state index contributed by atoms with van der Waals surface area (Å²) in [6.45, 7) is 2.04. The fraction of sp³-hybridized carbons (Fsp3) is 0.0455. The van der Waals surface area contributed by atoms with Gasteiger partial charge in [0.25, 0.3) is 0 Å². The van der Waals surface area contributed by atoms with Gasteiger partial charge in [-0.25, -0.2) is 4.98 Å². The zero-order valence-corrected chi connectivity index (χ0v) is 14.7. The van der Waals surface area contributed by atoms with Crippen LogP contribution in [0, 0.1) is 18.3 Å². The molecule has 1 N–H and O–H groups in total. The number of nitriles is 1. The predicted octanol–water partition coefficient (Wildman–Crippen LogP) is 5.35. The van der Waals surface area contributed by atoms with E-state index < -0.39 is 0 Å². The second kappa shape index (κ2) is 7.14. The Morgan fingerprint density at radius 2 is 1.78 bits per heavy atom. The lowest BCUT2D eigenvalue weighted by atomic mass is 10.0. The van der Waals surface area contributed by atoms with Crippen molar-refractivity contribution < 1.29 is 4.74 Å². The lowest BCUT2D eigenvalue weighted by molar-refractivity contribution is 0.460. The van der Waals surface area contributed by atoms with Crippen molar-refractivity contribution in [3.8, 4) is 17.7 Å². The maximum atomic E-state index is 8.87. The van der Waals surface area contributed by atoms with Crippen LogP contribution in [-0.4, -0.2) is 9.97 Å². The number of hydrogen-bond acceptors (Lipinski definition) is 5. The van der Waals surface area contributed by atoms with Crippen molar-refractivity contribution in [2.75, 3.05) is 5.32 Å². The van der Waals surface area contributed by atoms with Crippen molar-refractivity contribution in [1.82, 2.24) is 9.97 Å². The van der Waals surface area contributed by atoms with Gasteiger partial charge in [-0.05, 0) is 53.6 Å². The van der Waals surface area contributed by atoms with E-state index in [1.165, 1.54) is 5.39 Å². The monoisotopic (exact) mass is 352 g/mol. The highest BCUT2D eigenvalue weighted by Crippen LogP contribution is 2.30. The lowest BCUT2D eigenvalue weighted by Crippen LogP contribution is -1.99. The SMILES string of the molecule is Cc1c(Oc2ccnc(Nc3ccc(C#N)cc3)n2)ccc2ccccc12. The van der Waals surface area contributed by atoms with E-state index in [4.69, 9.17) is 10.00 Å². The molecule has 0 amide bonds. The van der Waals surface area contributed by atoms with Gasteiger partial charge in [0.05, 0.1) is 11.6 Å². The second-order valence-corrected chi connectivity index (χ2v) is 6.04. The highest BCUT2D eigenvalue weighted by Gasteiger charge is 2.08. The van der Waals surface area contributed by atoms with Crippen LogP contribution < -0.4 is 10.1 Å². The molecule has 0 atom stereocenters. The first-order chi connectivity index (χ1) is 13.2. The third kappa shape index (κ3) is 3.55. The molecule has 0 radical (unpaired) electrons. The summed E-state index contributed by atoms with van der Waals surface area (Å²) in [7, 11) is 0. The molecule has 4 rings (SSSR count). The Hall–Kier alpha value is -3.91. The number of benzene rings is 3. The molecule has 27 heavy (non-hydrogen) atoms. The molecular weight excluding hydrogens is 336 g/mol. The minimum absolute atomic E-state index is 0.427. The first kappa shape index (κ1) is 16.6. The smallest absolute Gasteiger partial charge is 0.230 e. The van der Waals surface area contributed by atoms with Crippen LogP contribution in [0.3, 0.4) is 0 Å². The molecule has 0 unspecified atom stereocenters. The summed E-state index contributed by atoms with van der Waals surface area (Å²) in [5.41, 5.74) is 2.46. The fourth-order valence-electron chi connectivity index (χ4n) is 2.85. The Labute approximate surface area is 156 Å². The zero-order chi connectivity index (χ0) is 18.6. The molecule has 5 nitrogen and oxygen atoms in total. The molecule has 0 spiro atoms. The molecular formula is C22H16N4O. The molecule has 0 aliphatic heterocycles. The molecule has 1 heterocycles. The number of anilines is 2. The van der Waals surface area contributed by atoms with Crippen LogP contribution in [0.4, 0.5) is 11.6 Å². The van der Waals surface area contributed by atoms with Crippen molar-refractivity contribution >= 4 is 22.4 Å². The second-order valence-electron chi connectivity index (χ2n) is 6.04. The summed E-state index contributed by atoms with van der Waals surface area (Å²) in [5.74, 6) is 1.65. The van der Waals surface area contributed by atoms with Gasteiger partial charge in [0.2, 0.25) is 11.8 Å². The van der Waals surface area contributed by atoms with Gasteiger partial charge in [0.1, 0.15) is 5.75 Å². The quantitative estimate of drug-likeness (QED) is 0.536. The van der Waals surface area contributed by atoms with Gasteiger partial charge < -0.3 is 10.1 Å². The fourth-order valence-corrected chi connectivity index (χ4v) is 2.85. The van der Waals surface area contributed by atoms with E-state index in [1.807, 2.05) is 43.3 Å². The summed E-state index contributed by atoms with van der Waals surface area (Å²) in [5, 5.41) is 14.3. The van der Waals surface area contributed by atoms with Gasteiger partial charge in [-0.2, -0.15) is 10.2 Å². The molecule has 0 saturated carbocycles. The van der Waals surface area contributed by atoms with Crippen molar-refractivity contribution in [1.29, 1.82) is 5.26 Å². The van der Waals surface area contributed by atoms with Gasteiger partial charge in [-0.1, -0.05) is 30.3 Å². The van der Waals surface area contributed by atoms with E-state index in [9.17, 15) is 0 Å². The van der Waals surface area contributed by atoms with Crippen molar-refractivity contribution in [2.24, 2.45) is 0 Å². The number of aromatic nitrogens is 2. The van der Waals surface area contributed by atoms with Gasteiger partial charge in [0, 0.05) is 18.0 Å². The molecule has 0 fully saturated rings. The molecule has 0 bridgehead atoms. The molecule has 1 aromatic heterocycles. The normalized spacial score (nSPS) is 10.4.